The fourth-order valence-electron chi connectivity index (χ4n) is 4.83. The summed E-state index contributed by atoms with van der Waals surface area (Å²) < 4.78 is 28.2. The first-order chi connectivity index (χ1) is 15.4. The third-order valence-electron chi connectivity index (χ3n) is 6.45. The Morgan fingerprint density at radius 2 is 1.66 bits per heavy atom. The number of nitrogens with zero attached hydrogens (tertiary/aromatic N) is 1. The molecule has 3 aromatic carbocycles. The lowest BCUT2D eigenvalue weighted by atomic mass is 9.99. The molecule has 0 radical (unpaired) electrons. The molecule has 0 fully saturated rings. The molecule has 164 valence electrons. The molecule has 0 saturated heterocycles. The summed E-state index contributed by atoms with van der Waals surface area (Å²) in [5.74, 6) is 0. The lowest BCUT2D eigenvalue weighted by Crippen LogP contribution is -2.31. The molecule has 6 heteroatoms. The molecule has 2 N–H and O–H groups in total. The Kier molecular flexibility index (Phi) is 5.16. The zero-order valence-electron chi connectivity index (χ0n) is 18.2. The molecule has 5 nitrogen and oxygen atoms in total. The highest BCUT2D eigenvalue weighted by atomic mass is 32.2. The summed E-state index contributed by atoms with van der Waals surface area (Å²) in [6, 6.07) is 18.9. The molecule has 5 rings (SSSR count). The highest BCUT2D eigenvalue weighted by molar-refractivity contribution is 7.91. The third kappa shape index (κ3) is 3.35. The zero-order valence-corrected chi connectivity index (χ0v) is 19.0. The van der Waals surface area contributed by atoms with Crippen LogP contribution in [0.5, 0.6) is 0 Å². The number of H-pyrrole nitrogens is 1. The molecule has 1 unspecified atom stereocenters. The molecule has 0 spiro atoms. The molecular weight excluding hydrogens is 420 g/mol. The molecule has 0 bridgehead atoms. The molecule has 1 aromatic heterocycles. The number of aromatic nitrogens is 1. The Morgan fingerprint density at radius 1 is 1.00 bits per heavy atom. The number of sulfone groups is 1. The maximum absolute atomic E-state index is 14.1. The summed E-state index contributed by atoms with van der Waals surface area (Å²) in [6.45, 7) is 4.77. The number of fused-ring (bicyclic) bond motifs is 2. The largest absolute Gasteiger partial charge is 0.392 e. The maximum atomic E-state index is 14.1. The third-order valence-corrected chi connectivity index (χ3v) is 8.52. The smallest absolute Gasteiger partial charge is 0.198 e. The average Bonchev–Trinajstić information content (AvgIpc) is 3.42. The number of hydrogen-bond acceptors (Lipinski definition) is 4. The van der Waals surface area contributed by atoms with Crippen LogP contribution in [-0.4, -0.2) is 23.4 Å². The fourth-order valence-corrected chi connectivity index (χ4v) is 6.69. The van der Waals surface area contributed by atoms with Crippen LogP contribution in [0.2, 0.25) is 0 Å². The van der Waals surface area contributed by atoms with Crippen molar-refractivity contribution < 1.29 is 13.5 Å². The lowest BCUT2D eigenvalue weighted by Gasteiger charge is -2.30. The number of aliphatic hydroxyl groups excluding tert-OH is 1. The lowest BCUT2D eigenvalue weighted by molar-refractivity contribution is 0.247. The van der Waals surface area contributed by atoms with Crippen LogP contribution in [0.25, 0.3) is 10.9 Å². The van der Waals surface area contributed by atoms with E-state index in [0.29, 0.717) is 29.1 Å². The summed E-state index contributed by atoms with van der Waals surface area (Å²) >= 11 is 0. The Hall–Kier alpha value is -2.93. The van der Waals surface area contributed by atoms with Gasteiger partial charge in [-0.1, -0.05) is 48.0 Å². The molecular formula is C26H26N2O3S. The summed E-state index contributed by atoms with van der Waals surface area (Å²) in [6.07, 6.45) is 1.83. The van der Waals surface area contributed by atoms with Gasteiger partial charge >= 0.3 is 0 Å². The Bertz CT molecular complexity index is 1380. The van der Waals surface area contributed by atoms with E-state index in [1.165, 1.54) is 0 Å². The van der Waals surface area contributed by atoms with Crippen LogP contribution in [0.15, 0.2) is 71.8 Å². The van der Waals surface area contributed by atoms with Gasteiger partial charge in [-0.25, -0.2) is 8.42 Å². The van der Waals surface area contributed by atoms with Gasteiger partial charge in [0, 0.05) is 30.2 Å². The van der Waals surface area contributed by atoms with Crippen molar-refractivity contribution in [3.8, 4) is 0 Å². The van der Waals surface area contributed by atoms with Crippen LogP contribution in [0.1, 0.15) is 38.8 Å². The topological polar surface area (TPSA) is 73.4 Å². The Balaban J connectivity index is 1.73. The minimum Gasteiger partial charge on any atom is -0.392 e. The summed E-state index contributed by atoms with van der Waals surface area (Å²) in [4.78, 5) is 5.51. The first-order valence-electron chi connectivity index (χ1n) is 10.7. The molecule has 0 amide bonds. The van der Waals surface area contributed by atoms with Gasteiger partial charge in [0.15, 0.2) is 9.84 Å². The van der Waals surface area contributed by atoms with E-state index < -0.39 is 15.2 Å². The predicted molar refractivity (Wildman–Crippen MR) is 126 cm³/mol. The van der Waals surface area contributed by atoms with Crippen molar-refractivity contribution in [2.24, 2.45) is 0 Å². The van der Waals surface area contributed by atoms with E-state index >= 15 is 0 Å². The van der Waals surface area contributed by atoms with Gasteiger partial charge in [-0.15, -0.1) is 0 Å². The van der Waals surface area contributed by atoms with Gasteiger partial charge < -0.3 is 10.1 Å². The minimum absolute atomic E-state index is 0.231. The molecule has 2 heterocycles. The quantitative estimate of drug-likeness (QED) is 0.463. The second kappa shape index (κ2) is 7.89. The van der Waals surface area contributed by atoms with Gasteiger partial charge in [0.25, 0.3) is 0 Å². The van der Waals surface area contributed by atoms with Crippen LogP contribution in [-0.2, 0) is 29.5 Å². The number of hydrogen-bond donors (Lipinski definition) is 2. The van der Waals surface area contributed by atoms with Crippen molar-refractivity contribution in [1.82, 2.24) is 9.88 Å². The van der Waals surface area contributed by atoms with Crippen LogP contribution in [0.4, 0.5) is 0 Å². The van der Waals surface area contributed by atoms with Gasteiger partial charge in [0.1, 0.15) is 5.37 Å². The van der Waals surface area contributed by atoms with E-state index in [4.69, 9.17) is 0 Å². The SMILES string of the molecule is Cc1ccc(S(=O)(=O)C(c2cc(C)c3[nH]ccc3c2CO)N2Cc3ccccc3C2)cc1. The first-order valence-corrected chi connectivity index (χ1v) is 12.3. The van der Waals surface area contributed by atoms with Crippen molar-refractivity contribution >= 4 is 20.7 Å². The normalized spacial score (nSPS) is 15.2. The van der Waals surface area contributed by atoms with Gasteiger partial charge in [0.2, 0.25) is 0 Å². The van der Waals surface area contributed by atoms with Gasteiger partial charge in [-0.3, -0.25) is 4.90 Å². The maximum Gasteiger partial charge on any atom is 0.198 e. The monoisotopic (exact) mass is 446 g/mol. The minimum atomic E-state index is -3.77. The van der Waals surface area contributed by atoms with Crippen LogP contribution < -0.4 is 0 Å². The van der Waals surface area contributed by atoms with Crippen molar-refractivity contribution in [3.05, 3.63) is 100 Å². The van der Waals surface area contributed by atoms with E-state index in [-0.39, 0.29) is 6.61 Å². The molecule has 32 heavy (non-hydrogen) atoms. The van der Waals surface area contributed by atoms with Gasteiger partial charge in [-0.2, -0.15) is 0 Å². The van der Waals surface area contributed by atoms with Crippen LogP contribution >= 0.6 is 0 Å². The molecule has 1 aliphatic heterocycles. The second-order valence-electron chi connectivity index (χ2n) is 8.57. The molecule has 0 aliphatic carbocycles. The Morgan fingerprint density at radius 3 is 2.28 bits per heavy atom. The van der Waals surface area contributed by atoms with Crippen LogP contribution in [0, 0.1) is 13.8 Å². The van der Waals surface area contributed by atoms with E-state index in [1.807, 2.05) is 61.3 Å². The van der Waals surface area contributed by atoms with E-state index in [2.05, 4.69) is 17.1 Å². The first kappa shape index (κ1) is 20.9. The molecule has 1 aliphatic rings. The number of benzene rings is 3. The number of rotatable bonds is 5. The van der Waals surface area contributed by atoms with Crippen molar-refractivity contribution in [1.29, 1.82) is 0 Å². The highest BCUT2D eigenvalue weighted by Gasteiger charge is 2.39. The highest BCUT2D eigenvalue weighted by Crippen LogP contribution is 2.41. The predicted octanol–water partition coefficient (Wildman–Crippen LogP) is 4.77. The molecule has 4 aromatic rings. The van der Waals surface area contributed by atoms with Gasteiger partial charge in [0.05, 0.1) is 11.5 Å². The number of aromatic amines is 1. The zero-order chi connectivity index (χ0) is 22.5. The van der Waals surface area contributed by atoms with E-state index in [9.17, 15) is 13.5 Å². The van der Waals surface area contributed by atoms with Crippen LogP contribution in [0.3, 0.4) is 0 Å². The van der Waals surface area contributed by atoms with Crippen molar-refractivity contribution in [3.63, 3.8) is 0 Å². The van der Waals surface area contributed by atoms with E-state index in [1.54, 1.807) is 12.1 Å². The second-order valence-corrected chi connectivity index (χ2v) is 10.6. The van der Waals surface area contributed by atoms with Gasteiger partial charge in [-0.05, 0) is 59.9 Å². The standard InChI is InChI=1S/C26H26N2O3S/c1-17-7-9-21(10-8-17)32(30,31)26(28-14-19-5-3-4-6-20(19)15-28)23-13-18(2)25-22(11-12-27-25)24(23)16-29/h3-13,26-27,29H,14-16H2,1-2H3. The summed E-state index contributed by atoms with van der Waals surface area (Å²) in [7, 11) is -3.77. The number of aliphatic hydroxyl groups is 1. The Labute approximate surface area is 188 Å². The average molecular weight is 447 g/mol. The van der Waals surface area contributed by atoms with E-state index in [0.717, 1.165) is 33.2 Å². The molecule has 0 saturated carbocycles. The number of aryl methyl sites for hydroxylation is 2. The van der Waals surface area contributed by atoms with Crippen molar-refractivity contribution in [2.75, 3.05) is 0 Å². The molecule has 1 atom stereocenters. The van der Waals surface area contributed by atoms with Crippen molar-refractivity contribution in [2.45, 2.75) is 43.8 Å². The summed E-state index contributed by atoms with van der Waals surface area (Å²) in [5.41, 5.74) is 6.47. The number of nitrogens with one attached hydrogen (secondary N) is 1. The fraction of sp³-hybridized carbons (Fsp3) is 0.231. The summed E-state index contributed by atoms with van der Waals surface area (Å²) in [5, 5.41) is 10.3.